The Bertz CT molecular complexity index is 569. The van der Waals surface area contributed by atoms with Gasteiger partial charge in [0.1, 0.15) is 6.61 Å². The molecule has 8 heteroatoms. The zero-order valence-corrected chi connectivity index (χ0v) is 16.0. The maximum absolute atomic E-state index is 12.1. The molecule has 0 aliphatic carbocycles. The van der Waals surface area contributed by atoms with Crippen LogP contribution in [0.2, 0.25) is 0 Å². The molecular weight excluding hydrogens is 338 g/mol. The van der Waals surface area contributed by atoms with Crippen molar-refractivity contribution in [2.24, 2.45) is 5.92 Å². The third-order valence-corrected chi connectivity index (χ3v) is 3.69. The number of amides is 4. The van der Waals surface area contributed by atoms with Gasteiger partial charge in [-0.3, -0.25) is 24.1 Å². The number of carbonyl (C=O) groups excluding carboxylic acids is 4. The fourth-order valence-corrected chi connectivity index (χ4v) is 2.39. The van der Waals surface area contributed by atoms with Gasteiger partial charge in [0.05, 0.1) is 0 Å². The fourth-order valence-electron chi connectivity index (χ4n) is 2.39. The van der Waals surface area contributed by atoms with Crippen LogP contribution in [0.5, 0.6) is 0 Å². The van der Waals surface area contributed by atoms with Crippen LogP contribution in [0, 0.1) is 5.92 Å². The average molecular weight is 367 g/mol. The second-order valence-corrected chi connectivity index (χ2v) is 6.78. The van der Waals surface area contributed by atoms with E-state index in [4.69, 9.17) is 4.74 Å². The van der Waals surface area contributed by atoms with Gasteiger partial charge < -0.3 is 15.4 Å². The highest BCUT2D eigenvalue weighted by atomic mass is 16.5. The molecule has 0 spiro atoms. The molecule has 0 aromatic heterocycles. The first-order valence-electron chi connectivity index (χ1n) is 8.93. The van der Waals surface area contributed by atoms with Gasteiger partial charge in [0, 0.05) is 43.8 Å². The number of ether oxygens (including phenoxy) is 1. The molecule has 26 heavy (non-hydrogen) atoms. The predicted molar refractivity (Wildman–Crippen MR) is 96.0 cm³/mol. The van der Waals surface area contributed by atoms with Gasteiger partial charge in [0.25, 0.3) is 11.8 Å². The normalized spacial score (nSPS) is 14.2. The van der Waals surface area contributed by atoms with Gasteiger partial charge in [-0.25, -0.2) is 0 Å². The molecule has 4 amide bonds. The summed E-state index contributed by atoms with van der Waals surface area (Å²) in [7, 11) is 0. The Morgan fingerprint density at radius 2 is 1.85 bits per heavy atom. The molecule has 146 valence electrons. The molecule has 0 saturated heterocycles. The Morgan fingerprint density at radius 1 is 1.15 bits per heavy atom. The van der Waals surface area contributed by atoms with Crippen molar-refractivity contribution in [3.8, 4) is 0 Å². The molecular formula is C18H29N3O5. The van der Waals surface area contributed by atoms with E-state index >= 15 is 0 Å². The van der Waals surface area contributed by atoms with Crippen LogP contribution < -0.4 is 10.6 Å². The summed E-state index contributed by atoms with van der Waals surface area (Å²) in [6.45, 7) is 8.27. The summed E-state index contributed by atoms with van der Waals surface area (Å²) in [5.74, 6) is -1.10. The van der Waals surface area contributed by atoms with Crippen molar-refractivity contribution in [2.45, 2.75) is 46.6 Å². The van der Waals surface area contributed by atoms with E-state index < -0.39 is 0 Å². The number of rotatable bonds is 11. The summed E-state index contributed by atoms with van der Waals surface area (Å²) < 4.78 is 5.21. The zero-order chi connectivity index (χ0) is 19.7. The van der Waals surface area contributed by atoms with Crippen LogP contribution in [0.4, 0.5) is 0 Å². The average Bonchev–Trinajstić information content (AvgIpc) is 2.82. The molecule has 1 aliphatic rings. The summed E-state index contributed by atoms with van der Waals surface area (Å²) in [6, 6.07) is 0.0755. The third-order valence-electron chi connectivity index (χ3n) is 3.69. The maximum atomic E-state index is 12.1. The maximum Gasteiger partial charge on any atom is 0.257 e. The Balaban J connectivity index is 2.14. The smallest absolute Gasteiger partial charge is 0.257 e. The van der Waals surface area contributed by atoms with Gasteiger partial charge in [-0.05, 0) is 26.2 Å². The van der Waals surface area contributed by atoms with Gasteiger partial charge in [-0.2, -0.15) is 0 Å². The monoisotopic (exact) mass is 367 g/mol. The minimum absolute atomic E-state index is 0.00348. The van der Waals surface area contributed by atoms with Crippen molar-refractivity contribution in [1.82, 2.24) is 15.5 Å². The van der Waals surface area contributed by atoms with Crippen LogP contribution in [0.25, 0.3) is 0 Å². The van der Waals surface area contributed by atoms with Crippen LogP contribution in [0.15, 0.2) is 11.6 Å². The number of nitrogens with zero attached hydrogens (tertiary/aromatic N) is 1. The van der Waals surface area contributed by atoms with Crippen LogP contribution in [-0.2, 0) is 23.9 Å². The molecule has 0 radical (unpaired) electrons. The molecule has 0 atom stereocenters. The first kappa shape index (κ1) is 21.8. The summed E-state index contributed by atoms with van der Waals surface area (Å²) in [5, 5.41) is 5.42. The summed E-state index contributed by atoms with van der Waals surface area (Å²) >= 11 is 0. The zero-order valence-electron chi connectivity index (χ0n) is 16.0. The summed E-state index contributed by atoms with van der Waals surface area (Å²) in [6.07, 6.45) is 1.98. The Hall–Kier alpha value is -2.22. The second-order valence-electron chi connectivity index (χ2n) is 6.78. The molecule has 1 rings (SSSR count). The minimum Gasteiger partial charge on any atom is -0.372 e. The number of carbonyl (C=O) groups is 4. The summed E-state index contributed by atoms with van der Waals surface area (Å²) in [4.78, 5) is 48.2. The predicted octanol–water partition coefficient (Wildman–Crippen LogP) is 0.375. The molecule has 2 N–H and O–H groups in total. The third kappa shape index (κ3) is 7.35. The van der Waals surface area contributed by atoms with Crippen LogP contribution in [0.1, 0.15) is 40.5 Å². The highest BCUT2D eigenvalue weighted by molar-refractivity contribution is 6.16. The second kappa shape index (κ2) is 10.7. The molecule has 0 saturated carbocycles. The van der Waals surface area contributed by atoms with Crippen LogP contribution in [-0.4, -0.2) is 60.9 Å². The van der Waals surface area contributed by atoms with Crippen molar-refractivity contribution >= 4 is 23.6 Å². The molecule has 0 aromatic rings. The van der Waals surface area contributed by atoms with Gasteiger partial charge >= 0.3 is 0 Å². The van der Waals surface area contributed by atoms with E-state index in [9.17, 15) is 19.2 Å². The lowest BCUT2D eigenvalue weighted by atomic mass is 10.0. The molecule has 0 bridgehead atoms. The van der Waals surface area contributed by atoms with E-state index in [1.54, 1.807) is 0 Å². The fraction of sp³-hybridized carbons (Fsp3) is 0.667. The molecule has 1 aliphatic heterocycles. The SMILES string of the molecule is CC(C)NC(=O)COCCCNC(=O)CCN1C(=O)C=C(C(C)C)C1=O. The van der Waals surface area contributed by atoms with Gasteiger partial charge in [-0.1, -0.05) is 13.8 Å². The van der Waals surface area contributed by atoms with E-state index in [-0.39, 0.29) is 55.2 Å². The first-order valence-corrected chi connectivity index (χ1v) is 8.93. The summed E-state index contributed by atoms with van der Waals surface area (Å²) in [5.41, 5.74) is 0.481. The molecule has 0 fully saturated rings. The van der Waals surface area contributed by atoms with Gasteiger partial charge in [0.15, 0.2) is 0 Å². The highest BCUT2D eigenvalue weighted by Gasteiger charge is 2.32. The molecule has 1 heterocycles. The number of hydrogen-bond donors (Lipinski definition) is 2. The van der Waals surface area contributed by atoms with Crippen LogP contribution in [0.3, 0.4) is 0 Å². The lowest BCUT2D eigenvalue weighted by molar-refractivity contribution is -0.137. The standard InChI is InChI=1S/C18H29N3O5/c1-12(2)14-10-17(24)21(18(14)25)8-6-15(22)19-7-5-9-26-11-16(23)20-13(3)4/h10,12-13H,5-9,11H2,1-4H3,(H,19,22)(H,20,23). The number of imide groups is 1. The van der Waals surface area contributed by atoms with Crippen molar-refractivity contribution < 1.29 is 23.9 Å². The molecule has 0 unspecified atom stereocenters. The topological polar surface area (TPSA) is 105 Å². The number of nitrogens with one attached hydrogen (secondary N) is 2. The minimum atomic E-state index is -0.362. The lowest BCUT2D eigenvalue weighted by Gasteiger charge is -2.15. The van der Waals surface area contributed by atoms with E-state index in [1.807, 2.05) is 27.7 Å². The Kier molecular flexibility index (Phi) is 8.98. The van der Waals surface area contributed by atoms with Crippen molar-refractivity contribution in [3.63, 3.8) is 0 Å². The molecule has 8 nitrogen and oxygen atoms in total. The van der Waals surface area contributed by atoms with Crippen molar-refractivity contribution in [1.29, 1.82) is 0 Å². The lowest BCUT2D eigenvalue weighted by Crippen LogP contribution is -2.36. The Labute approximate surface area is 154 Å². The van der Waals surface area contributed by atoms with Gasteiger partial charge in [0.2, 0.25) is 11.8 Å². The van der Waals surface area contributed by atoms with Crippen molar-refractivity contribution in [2.75, 3.05) is 26.3 Å². The number of hydrogen-bond acceptors (Lipinski definition) is 5. The highest BCUT2D eigenvalue weighted by Crippen LogP contribution is 2.20. The van der Waals surface area contributed by atoms with E-state index in [0.717, 1.165) is 4.90 Å². The van der Waals surface area contributed by atoms with Gasteiger partial charge in [-0.15, -0.1) is 0 Å². The quantitative estimate of drug-likeness (QED) is 0.406. The first-order chi connectivity index (χ1) is 12.2. The van der Waals surface area contributed by atoms with Crippen molar-refractivity contribution in [3.05, 3.63) is 11.6 Å². The van der Waals surface area contributed by atoms with Crippen LogP contribution >= 0.6 is 0 Å². The molecule has 0 aromatic carbocycles. The van der Waals surface area contributed by atoms with E-state index in [1.165, 1.54) is 6.08 Å². The largest absolute Gasteiger partial charge is 0.372 e. The van der Waals surface area contributed by atoms with E-state index in [0.29, 0.717) is 25.1 Å². The Morgan fingerprint density at radius 3 is 2.42 bits per heavy atom. The van der Waals surface area contributed by atoms with E-state index in [2.05, 4.69) is 10.6 Å².